The van der Waals surface area contributed by atoms with Crippen molar-refractivity contribution in [3.63, 3.8) is 0 Å². The first-order chi connectivity index (χ1) is 13.0. The summed E-state index contributed by atoms with van der Waals surface area (Å²) in [4.78, 5) is 12.4. The number of hydrogen-bond acceptors (Lipinski definition) is 3. The average molecular weight is 449 g/mol. The Bertz CT molecular complexity index is 766. The minimum absolute atomic E-state index is 0.248. The van der Waals surface area contributed by atoms with Gasteiger partial charge in [0.05, 0.1) is 11.1 Å². The Morgan fingerprint density at radius 3 is 2.59 bits per heavy atom. The van der Waals surface area contributed by atoms with Crippen molar-refractivity contribution in [3.8, 4) is 5.75 Å². The van der Waals surface area contributed by atoms with Crippen LogP contribution >= 0.6 is 28.1 Å². The molecular formula is C21H25BrN2O2S. The van der Waals surface area contributed by atoms with Gasteiger partial charge in [-0.1, -0.05) is 44.2 Å². The van der Waals surface area contributed by atoms with Crippen LogP contribution in [0.2, 0.25) is 0 Å². The summed E-state index contributed by atoms with van der Waals surface area (Å²) in [6, 6.07) is 15.4. The van der Waals surface area contributed by atoms with E-state index in [1.54, 1.807) is 18.2 Å². The van der Waals surface area contributed by atoms with Crippen molar-refractivity contribution < 1.29 is 9.53 Å². The molecule has 27 heavy (non-hydrogen) atoms. The lowest BCUT2D eigenvalue weighted by molar-refractivity contribution is 0.0976. The molecule has 0 aliphatic carbocycles. The lowest BCUT2D eigenvalue weighted by atomic mass is 10.1. The van der Waals surface area contributed by atoms with Crippen molar-refractivity contribution in [2.45, 2.75) is 26.7 Å². The maximum atomic E-state index is 12.4. The third-order valence-electron chi connectivity index (χ3n) is 3.92. The summed E-state index contributed by atoms with van der Waals surface area (Å²) in [6.07, 6.45) is 1.82. The average Bonchev–Trinajstić information content (AvgIpc) is 2.63. The standard InChI is InChI=1S/C21H25BrN2O2S/c1-15(2)11-13-26-19-9-8-17(14-18(19)22)20(25)24-21(27)23-12-10-16-6-4-3-5-7-16/h3-9,14-15H,10-13H2,1-2H3,(H2,23,24,25,27). The third kappa shape index (κ3) is 7.69. The number of carbonyl (C=O) groups is 1. The van der Waals surface area contributed by atoms with Gasteiger partial charge in [0.15, 0.2) is 5.11 Å². The fourth-order valence-corrected chi connectivity index (χ4v) is 3.04. The van der Waals surface area contributed by atoms with E-state index in [2.05, 4.69) is 52.5 Å². The summed E-state index contributed by atoms with van der Waals surface area (Å²) in [5.74, 6) is 1.07. The second kappa shape index (κ2) is 11.0. The van der Waals surface area contributed by atoms with Gasteiger partial charge in [-0.25, -0.2) is 0 Å². The molecule has 0 aromatic heterocycles. The zero-order valence-corrected chi connectivity index (χ0v) is 18.0. The van der Waals surface area contributed by atoms with E-state index in [1.807, 2.05) is 18.2 Å². The molecule has 6 heteroatoms. The number of amides is 1. The molecule has 0 unspecified atom stereocenters. The van der Waals surface area contributed by atoms with Gasteiger partial charge in [0.2, 0.25) is 0 Å². The van der Waals surface area contributed by atoms with Crippen molar-refractivity contribution in [3.05, 3.63) is 64.1 Å². The van der Waals surface area contributed by atoms with Gasteiger partial charge in [-0.3, -0.25) is 10.1 Å². The summed E-state index contributed by atoms with van der Waals surface area (Å²) in [7, 11) is 0. The highest BCUT2D eigenvalue weighted by atomic mass is 79.9. The summed E-state index contributed by atoms with van der Waals surface area (Å²) >= 11 is 8.67. The van der Waals surface area contributed by atoms with Gasteiger partial charge in [0, 0.05) is 12.1 Å². The third-order valence-corrected chi connectivity index (χ3v) is 4.78. The van der Waals surface area contributed by atoms with Crippen LogP contribution < -0.4 is 15.4 Å². The minimum atomic E-state index is -0.248. The van der Waals surface area contributed by atoms with Crippen molar-refractivity contribution >= 4 is 39.2 Å². The Labute approximate surface area is 174 Å². The molecule has 4 nitrogen and oxygen atoms in total. The Balaban J connectivity index is 1.80. The van der Waals surface area contributed by atoms with Crippen LogP contribution in [0.25, 0.3) is 0 Å². The number of nitrogens with one attached hydrogen (secondary N) is 2. The molecule has 0 spiro atoms. The molecule has 0 saturated heterocycles. The maximum Gasteiger partial charge on any atom is 0.257 e. The second-order valence-corrected chi connectivity index (χ2v) is 7.88. The molecule has 0 radical (unpaired) electrons. The van der Waals surface area contributed by atoms with E-state index in [9.17, 15) is 4.79 Å². The zero-order chi connectivity index (χ0) is 19.6. The first kappa shape index (κ1) is 21.4. The van der Waals surface area contributed by atoms with Gasteiger partial charge in [-0.05, 0) is 70.7 Å². The molecule has 0 heterocycles. The first-order valence-electron chi connectivity index (χ1n) is 9.01. The topological polar surface area (TPSA) is 50.4 Å². The fraction of sp³-hybridized carbons (Fsp3) is 0.333. The van der Waals surface area contributed by atoms with Gasteiger partial charge < -0.3 is 10.1 Å². The Morgan fingerprint density at radius 1 is 1.19 bits per heavy atom. The largest absolute Gasteiger partial charge is 0.492 e. The molecule has 0 fully saturated rings. The van der Waals surface area contributed by atoms with Gasteiger partial charge in [-0.15, -0.1) is 0 Å². The SMILES string of the molecule is CC(C)CCOc1ccc(C(=O)NC(=S)NCCc2ccccc2)cc1Br. The number of ether oxygens (including phenoxy) is 1. The molecule has 0 saturated carbocycles. The fourth-order valence-electron chi connectivity index (χ4n) is 2.35. The highest BCUT2D eigenvalue weighted by Crippen LogP contribution is 2.26. The van der Waals surface area contributed by atoms with Crippen LogP contribution in [-0.4, -0.2) is 24.2 Å². The van der Waals surface area contributed by atoms with Crippen molar-refractivity contribution in [2.24, 2.45) is 5.92 Å². The van der Waals surface area contributed by atoms with Crippen LogP contribution in [0.3, 0.4) is 0 Å². The van der Waals surface area contributed by atoms with Crippen LogP contribution in [0.15, 0.2) is 53.0 Å². The first-order valence-corrected chi connectivity index (χ1v) is 10.2. The van der Waals surface area contributed by atoms with Crippen LogP contribution in [0.4, 0.5) is 0 Å². The quantitative estimate of drug-likeness (QED) is 0.573. The van der Waals surface area contributed by atoms with Crippen molar-refractivity contribution in [2.75, 3.05) is 13.2 Å². The molecule has 0 atom stereocenters. The van der Waals surface area contributed by atoms with Crippen molar-refractivity contribution in [1.82, 2.24) is 10.6 Å². The normalized spacial score (nSPS) is 10.5. The minimum Gasteiger partial charge on any atom is -0.492 e. The second-order valence-electron chi connectivity index (χ2n) is 6.62. The van der Waals surface area contributed by atoms with E-state index in [-0.39, 0.29) is 5.91 Å². The molecular weight excluding hydrogens is 424 g/mol. The van der Waals surface area contributed by atoms with Gasteiger partial charge in [0.1, 0.15) is 5.75 Å². The van der Waals surface area contributed by atoms with E-state index in [4.69, 9.17) is 17.0 Å². The number of rotatable bonds is 8. The van der Waals surface area contributed by atoms with E-state index < -0.39 is 0 Å². The van der Waals surface area contributed by atoms with E-state index in [0.29, 0.717) is 29.7 Å². The molecule has 2 aromatic rings. The lowest BCUT2D eigenvalue weighted by Crippen LogP contribution is -2.40. The highest BCUT2D eigenvalue weighted by molar-refractivity contribution is 9.10. The number of thiocarbonyl (C=S) groups is 1. The summed E-state index contributed by atoms with van der Waals surface area (Å²) < 4.78 is 6.49. The molecule has 144 valence electrons. The lowest BCUT2D eigenvalue weighted by Gasteiger charge is -2.12. The summed E-state index contributed by atoms with van der Waals surface area (Å²) in [6.45, 7) is 5.62. The van der Waals surface area contributed by atoms with Crippen LogP contribution in [0.5, 0.6) is 5.75 Å². The van der Waals surface area contributed by atoms with Crippen LogP contribution in [-0.2, 0) is 6.42 Å². The van der Waals surface area contributed by atoms with E-state index >= 15 is 0 Å². The van der Waals surface area contributed by atoms with Crippen LogP contribution in [0.1, 0.15) is 36.2 Å². The predicted molar refractivity (Wildman–Crippen MR) is 117 cm³/mol. The number of benzene rings is 2. The monoisotopic (exact) mass is 448 g/mol. The molecule has 0 bridgehead atoms. The number of halogens is 1. The van der Waals surface area contributed by atoms with E-state index in [1.165, 1.54) is 5.56 Å². The van der Waals surface area contributed by atoms with Crippen LogP contribution in [0, 0.1) is 5.92 Å². The molecule has 0 aliphatic rings. The van der Waals surface area contributed by atoms with E-state index in [0.717, 1.165) is 23.1 Å². The maximum absolute atomic E-state index is 12.4. The highest BCUT2D eigenvalue weighted by Gasteiger charge is 2.11. The molecule has 2 rings (SSSR count). The molecule has 2 aromatic carbocycles. The Hall–Kier alpha value is -1.92. The molecule has 0 aliphatic heterocycles. The molecule has 1 amide bonds. The van der Waals surface area contributed by atoms with Gasteiger partial charge in [-0.2, -0.15) is 0 Å². The smallest absolute Gasteiger partial charge is 0.257 e. The zero-order valence-electron chi connectivity index (χ0n) is 15.6. The Morgan fingerprint density at radius 2 is 1.93 bits per heavy atom. The van der Waals surface area contributed by atoms with Crippen molar-refractivity contribution in [1.29, 1.82) is 0 Å². The summed E-state index contributed by atoms with van der Waals surface area (Å²) in [5, 5.41) is 6.09. The Kier molecular flexibility index (Phi) is 8.75. The predicted octanol–water partition coefficient (Wildman–Crippen LogP) is 4.72. The number of carbonyl (C=O) groups excluding carboxylic acids is 1. The van der Waals surface area contributed by atoms with Gasteiger partial charge >= 0.3 is 0 Å². The summed E-state index contributed by atoms with van der Waals surface area (Å²) in [5.41, 5.74) is 1.74. The van der Waals surface area contributed by atoms with Gasteiger partial charge in [0.25, 0.3) is 5.91 Å². The number of hydrogen-bond donors (Lipinski definition) is 2. The molecule has 2 N–H and O–H groups in total.